The fraction of sp³-hybridized carbons (Fsp3) is 0.692. The second-order valence-electron chi connectivity index (χ2n) is 5.55. The molecule has 2 rings (SSSR count). The summed E-state index contributed by atoms with van der Waals surface area (Å²) in [6.07, 6.45) is 2.01. The minimum absolute atomic E-state index is 0.241. The first-order valence-electron chi connectivity index (χ1n) is 6.96. The average molecular weight is 298 g/mol. The van der Waals surface area contributed by atoms with E-state index < -0.39 is 11.2 Å². The van der Waals surface area contributed by atoms with E-state index in [4.69, 9.17) is 5.73 Å². The highest BCUT2D eigenvalue weighted by Gasteiger charge is 2.18. The molecule has 1 aliphatic heterocycles. The van der Waals surface area contributed by atoms with Gasteiger partial charge in [0.2, 0.25) is 0 Å². The Morgan fingerprint density at radius 3 is 2.65 bits per heavy atom. The first-order valence-corrected chi connectivity index (χ1v) is 8.11. The van der Waals surface area contributed by atoms with Gasteiger partial charge in [-0.1, -0.05) is 13.8 Å². The van der Waals surface area contributed by atoms with Gasteiger partial charge in [-0.3, -0.25) is 14.3 Å². The van der Waals surface area contributed by atoms with Crippen molar-refractivity contribution in [3.05, 3.63) is 20.8 Å². The minimum Gasteiger partial charge on any atom is -0.383 e. The molecule has 0 radical (unpaired) electrons. The molecular weight excluding hydrogens is 276 g/mol. The van der Waals surface area contributed by atoms with Gasteiger partial charge in [-0.15, -0.1) is 0 Å². The van der Waals surface area contributed by atoms with Gasteiger partial charge in [0.25, 0.3) is 5.56 Å². The highest BCUT2D eigenvalue weighted by molar-refractivity contribution is 7.99. The van der Waals surface area contributed by atoms with Gasteiger partial charge in [-0.25, -0.2) is 4.79 Å². The minimum atomic E-state index is -0.439. The number of H-pyrrole nitrogens is 1. The van der Waals surface area contributed by atoms with Crippen molar-refractivity contribution in [1.82, 2.24) is 9.55 Å². The normalized spacial score (nSPS) is 16.6. The second-order valence-corrected chi connectivity index (χ2v) is 6.78. The second kappa shape index (κ2) is 6.39. The quantitative estimate of drug-likeness (QED) is 0.773. The molecule has 0 saturated carbocycles. The summed E-state index contributed by atoms with van der Waals surface area (Å²) in [6.45, 7) is 4.50. The van der Waals surface area contributed by atoms with E-state index in [1.807, 2.05) is 25.6 Å². The van der Waals surface area contributed by atoms with E-state index in [2.05, 4.69) is 10.3 Å². The Morgan fingerprint density at radius 2 is 2.05 bits per heavy atom. The summed E-state index contributed by atoms with van der Waals surface area (Å²) in [6, 6.07) is 0.254. The van der Waals surface area contributed by atoms with Crippen LogP contribution in [0, 0.1) is 5.92 Å². The van der Waals surface area contributed by atoms with Crippen LogP contribution in [-0.2, 0) is 6.54 Å². The van der Waals surface area contributed by atoms with Crippen LogP contribution in [0.1, 0.15) is 26.7 Å². The zero-order chi connectivity index (χ0) is 14.7. The first kappa shape index (κ1) is 15.0. The summed E-state index contributed by atoms with van der Waals surface area (Å²) in [5.41, 5.74) is 5.50. The van der Waals surface area contributed by atoms with Crippen molar-refractivity contribution in [2.45, 2.75) is 39.3 Å². The largest absolute Gasteiger partial charge is 0.383 e. The molecule has 1 aromatic rings. The number of nitrogens with one attached hydrogen (secondary N) is 2. The van der Waals surface area contributed by atoms with Crippen LogP contribution in [0.2, 0.25) is 0 Å². The molecule has 4 N–H and O–H groups in total. The lowest BCUT2D eigenvalue weighted by atomic mass is 10.1. The Labute approximate surface area is 122 Å². The number of thioether (sulfide) groups is 1. The maximum atomic E-state index is 12.0. The van der Waals surface area contributed by atoms with Crippen molar-refractivity contribution in [3.63, 3.8) is 0 Å². The zero-order valence-corrected chi connectivity index (χ0v) is 12.8. The molecule has 2 heterocycles. The number of nitrogen functional groups attached to an aromatic ring is 1. The smallest absolute Gasteiger partial charge is 0.330 e. The SMILES string of the molecule is CC(C)Cn1c(N)c(NC2CCSCC2)c(=O)[nH]c1=O. The predicted octanol–water partition coefficient (Wildman–Crippen LogP) is 1.08. The van der Waals surface area contributed by atoms with Crippen LogP contribution in [0.15, 0.2) is 9.59 Å². The Morgan fingerprint density at radius 1 is 1.40 bits per heavy atom. The first-order chi connectivity index (χ1) is 9.49. The van der Waals surface area contributed by atoms with Crippen LogP contribution in [0.3, 0.4) is 0 Å². The lowest BCUT2D eigenvalue weighted by Crippen LogP contribution is -2.37. The third-order valence-corrected chi connectivity index (χ3v) is 4.41. The van der Waals surface area contributed by atoms with Gasteiger partial charge in [0, 0.05) is 12.6 Å². The van der Waals surface area contributed by atoms with Crippen molar-refractivity contribution in [1.29, 1.82) is 0 Å². The molecule has 7 heteroatoms. The Hall–Kier alpha value is -1.37. The van der Waals surface area contributed by atoms with E-state index in [0.29, 0.717) is 12.2 Å². The molecule has 0 unspecified atom stereocenters. The standard InChI is InChI=1S/C13H22N4O2S/c1-8(2)7-17-11(14)10(12(18)16-13(17)19)15-9-3-5-20-6-4-9/h8-9,15H,3-7,14H2,1-2H3,(H,16,18,19). The third kappa shape index (κ3) is 3.39. The van der Waals surface area contributed by atoms with Gasteiger partial charge >= 0.3 is 5.69 Å². The molecule has 1 aliphatic rings. The summed E-state index contributed by atoms with van der Waals surface area (Å²) < 4.78 is 1.44. The molecule has 1 aromatic heterocycles. The van der Waals surface area contributed by atoms with E-state index in [1.54, 1.807) is 0 Å². The van der Waals surface area contributed by atoms with Crippen LogP contribution < -0.4 is 22.3 Å². The molecule has 0 atom stereocenters. The van der Waals surface area contributed by atoms with E-state index >= 15 is 0 Å². The fourth-order valence-electron chi connectivity index (χ4n) is 2.32. The van der Waals surface area contributed by atoms with Crippen LogP contribution >= 0.6 is 11.8 Å². The van der Waals surface area contributed by atoms with Crippen LogP contribution in [0.25, 0.3) is 0 Å². The number of rotatable bonds is 4. The Kier molecular flexibility index (Phi) is 4.80. The van der Waals surface area contributed by atoms with Gasteiger partial charge in [-0.2, -0.15) is 11.8 Å². The summed E-state index contributed by atoms with van der Waals surface area (Å²) in [4.78, 5) is 26.1. The van der Waals surface area contributed by atoms with Gasteiger partial charge in [0.15, 0.2) is 0 Å². The molecule has 0 aliphatic carbocycles. The van der Waals surface area contributed by atoms with Crippen molar-refractivity contribution < 1.29 is 0 Å². The number of nitrogens with two attached hydrogens (primary N) is 1. The molecule has 0 spiro atoms. The van der Waals surface area contributed by atoms with Gasteiger partial charge < -0.3 is 11.1 Å². The summed E-state index contributed by atoms with van der Waals surface area (Å²) in [7, 11) is 0. The van der Waals surface area contributed by atoms with Crippen LogP contribution in [-0.4, -0.2) is 27.1 Å². The number of anilines is 2. The number of nitrogens with zero attached hydrogens (tertiary/aromatic N) is 1. The third-order valence-electron chi connectivity index (χ3n) is 3.36. The molecule has 112 valence electrons. The van der Waals surface area contributed by atoms with Crippen LogP contribution in [0.5, 0.6) is 0 Å². The molecule has 0 aromatic carbocycles. The van der Waals surface area contributed by atoms with Crippen LogP contribution in [0.4, 0.5) is 11.5 Å². The number of hydrogen-bond donors (Lipinski definition) is 3. The maximum Gasteiger partial charge on any atom is 0.330 e. The summed E-state index contributed by atoms with van der Waals surface area (Å²) >= 11 is 1.92. The fourth-order valence-corrected chi connectivity index (χ4v) is 3.43. The van der Waals surface area contributed by atoms with Gasteiger partial charge in [0.1, 0.15) is 11.5 Å². The van der Waals surface area contributed by atoms with Crippen molar-refractivity contribution in [3.8, 4) is 0 Å². The molecule has 1 saturated heterocycles. The molecule has 0 amide bonds. The lowest BCUT2D eigenvalue weighted by molar-refractivity contribution is 0.507. The maximum absolute atomic E-state index is 12.0. The molecule has 0 bridgehead atoms. The monoisotopic (exact) mass is 298 g/mol. The van der Waals surface area contributed by atoms with E-state index in [1.165, 1.54) is 4.57 Å². The van der Waals surface area contributed by atoms with Gasteiger partial charge in [0.05, 0.1) is 0 Å². The number of aromatic amines is 1. The predicted molar refractivity (Wildman–Crippen MR) is 84.5 cm³/mol. The summed E-state index contributed by atoms with van der Waals surface area (Å²) in [5.74, 6) is 2.69. The highest BCUT2D eigenvalue weighted by Crippen LogP contribution is 2.21. The Balaban J connectivity index is 2.31. The van der Waals surface area contributed by atoms with Crippen molar-refractivity contribution in [2.24, 2.45) is 5.92 Å². The van der Waals surface area contributed by atoms with E-state index in [0.717, 1.165) is 24.3 Å². The molecule has 20 heavy (non-hydrogen) atoms. The number of hydrogen-bond acceptors (Lipinski definition) is 5. The Bertz CT molecular complexity index is 573. The lowest BCUT2D eigenvalue weighted by Gasteiger charge is -2.24. The molecule has 6 nitrogen and oxygen atoms in total. The molecular formula is C13H22N4O2S. The van der Waals surface area contributed by atoms with Crippen molar-refractivity contribution in [2.75, 3.05) is 22.6 Å². The average Bonchev–Trinajstić information content (AvgIpc) is 2.40. The van der Waals surface area contributed by atoms with Gasteiger partial charge in [-0.05, 0) is 30.3 Å². The van der Waals surface area contributed by atoms with Crippen molar-refractivity contribution >= 4 is 23.3 Å². The number of aromatic nitrogens is 2. The highest BCUT2D eigenvalue weighted by atomic mass is 32.2. The van der Waals surface area contributed by atoms with E-state index in [-0.39, 0.29) is 17.8 Å². The summed E-state index contributed by atoms with van der Waals surface area (Å²) in [5, 5.41) is 3.22. The van der Waals surface area contributed by atoms with E-state index in [9.17, 15) is 9.59 Å². The molecule has 1 fully saturated rings. The topological polar surface area (TPSA) is 92.9 Å². The zero-order valence-electron chi connectivity index (χ0n) is 11.9.